The largest absolute Gasteiger partial charge is 0.508 e. The molecule has 0 aliphatic heterocycles. The third-order valence-electron chi connectivity index (χ3n) is 19.6. The predicted octanol–water partition coefficient (Wildman–Crippen LogP) is 11.0. The first kappa shape index (κ1) is 73.4. The SMILES string of the molecule is CCOC(=O)O[C@@H](CC)CC[C@@H]1[C@H]2Cc3cccc(OCC(=O)O)c3C[C@H]2C[C@H]1O.CC[C@@H](CC[C@@H]1[C@H]2Cc3cccc(OCC(=O)O)c3C[C@H]2C[C@H]1O)OC(=O)OCC(F)F.CC[C@@H](CC[C@@H]1[C@H]2Cc3cccc(OCC(=O)O)c3C[C@H]2C[C@H]1O)OC(=O)OCCF. The molecule has 3 fully saturated rings. The second-order valence-electron chi connectivity index (χ2n) is 25.2. The molecule has 3 aromatic carbocycles. The van der Waals surface area contributed by atoms with E-state index < -0.39 is 81.0 Å². The summed E-state index contributed by atoms with van der Waals surface area (Å²) in [6.07, 6.45) is 5.02. The van der Waals surface area contributed by atoms with Gasteiger partial charge in [-0.05, 0) is 227 Å². The smallest absolute Gasteiger partial charge is 0.482 e. The highest BCUT2D eigenvalue weighted by atomic mass is 19.3. The van der Waals surface area contributed by atoms with Gasteiger partial charge in [0.15, 0.2) is 26.4 Å². The van der Waals surface area contributed by atoms with Gasteiger partial charge in [-0.15, -0.1) is 0 Å². The lowest BCUT2D eigenvalue weighted by Gasteiger charge is -2.32. The van der Waals surface area contributed by atoms with E-state index in [2.05, 4.69) is 15.5 Å². The lowest BCUT2D eigenvalue weighted by molar-refractivity contribution is -0.140. The lowest BCUT2D eigenvalue weighted by atomic mass is 9.73. The third-order valence-corrected chi connectivity index (χ3v) is 19.6. The number of aliphatic carboxylic acids is 3. The van der Waals surface area contributed by atoms with Crippen molar-refractivity contribution in [3.63, 3.8) is 0 Å². The van der Waals surface area contributed by atoms with Crippen LogP contribution in [0.3, 0.4) is 0 Å². The fourth-order valence-electron chi connectivity index (χ4n) is 15.3. The minimum Gasteiger partial charge on any atom is -0.482 e. The van der Waals surface area contributed by atoms with Crippen molar-refractivity contribution in [3.05, 3.63) is 88.0 Å². The molecule has 6 aliphatic carbocycles. The number of hydrogen-bond donors (Lipinski definition) is 6. The third kappa shape index (κ3) is 21.0. The van der Waals surface area contributed by atoms with E-state index >= 15 is 0 Å². The molecule has 0 bridgehead atoms. The van der Waals surface area contributed by atoms with E-state index in [1.54, 1.807) is 19.1 Å². The number of carboxylic acids is 3. The highest BCUT2D eigenvalue weighted by Gasteiger charge is 2.48. The molecule has 3 saturated carbocycles. The van der Waals surface area contributed by atoms with Crippen molar-refractivity contribution in [2.75, 3.05) is 46.3 Å². The highest BCUT2D eigenvalue weighted by Crippen LogP contribution is 2.52. The summed E-state index contributed by atoms with van der Waals surface area (Å²) in [5.41, 5.74) is 6.55. The average Bonchev–Trinajstić information content (AvgIpc) is 1.70. The second kappa shape index (κ2) is 36.0. The number of ether oxygens (including phenoxy) is 9. The maximum atomic E-state index is 12.2. The Morgan fingerprint density at radius 2 is 0.796 bits per heavy atom. The Bertz CT molecular complexity index is 2930. The maximum Gasteiger partial charge on any atom is 0.508 e. The minimum atomic E-state index is -2.74. The summed E-state index contributed by atoms with van der Waals surface area (Å²) < 4.78 is 82.7. The van der Waals surface area contributed by atoms with Crippen LogP contribution in [0.2, 0.25) is 0 Å². The van der Waals surface area contributed by atoms with Crippen molar-refractivity contribution in [2.24, 2.45) is 53.3 Å². The zero-order chi connectivity index (χ0) is 67.3. The van der Waals surface area contributed by atoms with Crippen LogP contribution in [-0.4, -0.2) is 156 Å². The molecule has 6 aliphatic rings. The van der Waals surface area contributed by atoms with Crippen molar-refractivity contribution in [1.29, 1.82) is 0 Å². The van der Waals surface area contributed by atoms with E-state index in [1.165, 1.54) is 5.56 Å². The molecule has 0 amide bonds. The molecule has 15 atom stereocenters. The molecule has 0 saturated heterocycles. The first-order valence-corrected chi connectivity index (χ1v) is 32.9. The topological polar surface area (TPSA) is 307 Å². The van der Waals surface area contributed by atoms with Crippen molar-refractivity contribution in [2.45, 2.75) is 186 Å². The van der Waals surface area contributed by atoms with Crippen molar-refractivity contribution in [3.8, 4) is 17.2 Å². The number of halogens is 3. The van der Waals surface area contributed by atoms with Crippen LogP contribution in [0.5, 0.6) is 17.2 Å². The molecular weight excluding hydrogens is 1220 g/mol. The van der Waals surface area contributed by atoms with Crippen molar-refractivity contribution >= 4 is 36.4 Å². The van der Waals surface area contributed by atoms with Crippen LogP contribution in [0.15, 0.2) is 54.6 Å². The first-order chi connectivity index (χ1) is 44.6. The summed E-state index contributed by atoms with van der Waals surface area (Å²) in [5, 5.41) is 58.9. The van der Waals surface area contributed by atoms with E-state index in [-0.39, 0.29) is 74.3 Å². The number of hydrogen-bond acceptors (Lipinski definition) is 18. The van der Waals surface area contributed by atoms with Crippen LogP contribution in [0.1, 0.15) is 138 Å². The monoisotopic (exact) mass is 1310 g/mol. The van der Waals surface area contributed by atoms with Crippen LogP contribution < -0.4 is 14.2 Å². The summed E-state index contributed by atoms with van der Waals surface area (Å²) in [7, 11) is 0. The summed E-state index contributed by atoms with van der Waals surface area (Å²) in [6.45, 7) is 4.61. The van der Waals surface area contributed by atoms with Crippen LogP contribution >= 0.6 is 0 Å². The van der Waals surface area contributed by atoms with Gasteiger partial charge in [-0.1, -0.05) is 57.2 Å². The average molecular weight is 1320 g/mol. The molecule has 9 rings (SSSR count). The van der Waals surface area contributed by atoms with Crippen LogP contribution in [0.4, 0.5) is 27.6 Å². The van der Waals surface area contributed by atoms with Gasteiger partial charge in [0.2, 0.25) is 0 Å². The Morgan fingerprint density at radius 3 is 1.09 bits per heavy atom. The Balaban J connectivity index is 0.000000198. The molecule has 6 N–H and O–H groups in total. The van der Waals surface area contributed by atoms with Crippen molar-refractivity contribution in [1.82, 2.24) is 0 Å². The molecule has 0 radical (unpaired) electrons. The van der Waals surface area contributed by atoms with Gasteiger partial charge in [0, 0.05) is 0 Å². The van der Waals surface area contributed by atoms with Crippen LogP contribution in [0, 0.1) is 53.3 Å². The first-order valence-electron chi connectivity index (χ1n) is 32.9. The lowest BCUT2D eigenvalue weighted by Crippen LogP contribution is -2.29. The number of carbonyl (C=O) groups is 6. The Hall–Kier alpha value is -7.05. The highest BCUT2D eigenvalue weighted by molar-refractivity contribution is 5.69. The number of fused-ring (bicyclic) bond motifs is 6. The van der Waals surface area contributed by atoms with Crippen LogP contribution in [0.25, 0.3) is 0 Å². The molecule has 0 heterocycles. The number of carbonyl (C=O) groups excluding carboxylic acids is 3. The fourth-order valence-corrected chi connectivity index (χ4v) is 15.3. The summed E-state index contributed by atoms with van der Waals surface area (Å²) in [4.78, 5) is 67.4. The van der Waals surface area contributed by atoms with E-state index in [4.69, 9.17) is 48.5 Å². The molecule has 516 valence electrons. The minimum absolute atomic E-state index is 0.0338. The molecule has 0 spiro atoms. The van der Waals surface area contributed by atoms with Crippen molar-refractivity contribution < 1.29 is 115 Å². The van der Waals surface area contributed by atoms with Crippen LogP contribution in [-0.2, 0) is 81.3 Å². The van der Waals surface area contributed by atoms with Gasteiger partial charge in [0.25, 0.3) is 6.43 Å². The fraction of sp³-hybridized carbons (Fsp3) is 0.652. The Kier molecular flexibility index (Phi) is 28.4. The molecular formula is C69H93F3O21. The summed E-state index contributed by atoms with van der Waals surface area (Å²) in [5.74, 6) is 0.941. The van der Waals surface area contributed by atoms with E-state index in [1.807, 2.05) is 57.2 Å². The standard InChI is InChI=1S/C23H30F2O7.C23H31FO7.C23H32O7/c1-2-15(32-23(29)31-11-21(24)25)6-7-16-17-8-13-4-3-5-20(30-12-22(27)28)18(13)9-14(17)10-19(16)26;1-2-16(31-23(28)29-9-8-24)6-7-17-18-10-14-4-3-5-21(30-13-22(26)27)19(14)11-15(18)12-20(17)25;1-3-16(30-23(27)28-4-2)8-9-17-18-10-14-6-5-7-21(29-13-22(25)26)19(14)11-15(18)12-20(17)24/h3-5,14-17,19,21,26H,2,6-12H2,1H3,(H,27,28);3-5,15-18,20,25H,2,6-13H2,1H3,(H,26,27);5-7,15-18,20,24H,3-4,8-13H2,1-2H3,(H,25,26)/t14-,15-,16+,17-,19+;2*15-,16-,17+,18-,20+/m000/s1. The Morgan fingerprint density at radius 1 is 0.473 bits per heavy atom. The quantitative estimate of drug-likeness (QED) is 0.0278. The number of alkyl halides is 3. The van der Waals surface area contributed by atoms with Gasteiger partial charge < -0.3 is 73.3 Å². The predicted molar refractivity (Wildman–Crippen MR) is 329 cm³/mol. The number of aliphatic hydroxyl groups is 3. The van der Waals surface area contributed by atoms with Gasteiger partial charge in [0.1, 0.15) is 48.8 Å². The number of benzene rings is 3. The molecule has 21 nitrogen and oxygen atoms in total. The van der Waals surface area contributed by atoms with Gasteiger partial charge in [-0.2, -0.15) is 0 Å². The normalized spacial score (nSPS) is 25.3. The number of rotatable bonds is 29. The van der Waals surface area contributed by atoms with E-state index in [0.717, 1.165) is 85.6 Å². The zero-order valence-corrected chi connectivity index (χ0v) is 53.6. The van der Waals surface area contributed by atoms with Gasteiger partial charge in [-0.3, -0.25) is 0 Å². The number of aliphatic hydroxyl groups excluding tert-OH is 3. The summed E-state index contributed by atoms with van der Waals surface area (Å²) >= 11 is 0. The number of carboxylic acid groups (broad SMARTS) is 3. The van der Waals surface area contributed by atoms with E-state index in [9.17, 15) is 57.3 Å². The maximum absolute atomic E-state index is 12.2. The summed E-state index contributed by atoms with van der Waals surface area (Å²) in [6, 6.07) is 17.2. The van der Waals surface area contributed by atoms with Gasteiger partial charge in [-0.25, -0.2) is 41.9 Å². The molecule has 0 unspecified atom stereocenters. The zero-order valence-electron chi connectivity index (χ0n) is 53.6. The molecule has 0 aromatic heterocycles. The molecule has 93 heavy (non-hydrogen) atoms. The van der Waals surface area contributed by atoms with E-state index in [0.29, 0.717) is 98.7 Å². The Labute approximate surface area is 540 Å². The molecule has 24 heteroatoms. The molecule has 3 aromatic rings. The second-order valence-corrected chi connectivity index (χ2v) is 25.2. The van der Waals surface area contributed by atoms with Gasteiger partial charge in [0.05, 0.1) is 24.9 Å². The van der Waals surface area contributed by atoms with Gasteiger partial charge >= 0.3 is 36.4 Å².